The molecular formula is C13H24N2O. The van der Waals surface area contributed by atoms with Gasteiger partial charge in [-0.05, 0) is 45.1 Å². The van der Waals surface area contributed by atoms with Crippen molar-refractivity contribution < 1.29 is 4.79 Å². The lowest BCUT2D eigenvalue weighted by molar-refractivity contribution is -0.126. The van der Waals surface area contributed by atoms with Crippen LogP contribution in [0.4, 0.5) is 0 Å². The topological polar surface area (TPSA) is 41.1 Å². The van der Waals surface area contributed by atoms with Gasteiger partial charge in [0.2, 0.25) is 5.91 Å². The Labute approximate surface area is 98.4 Å². The van der Waals surface area contributed by atoms with Crippen molar-refractivity contribution in [2.45, 2.75) is 51.5 Å². The number of carbonyl (C=O) groups excluding carboxylic acids is 1. The Bertz CT molecular complexity index is 230. The summed E-state index contributed by atoms with van der Waals surface area (Å²) in [6.45, 7) is 4.11. The molecule has 2 fully saturated rings. The first-order valence-corrected chi connectivity index (χ1v) is 6.78. The van der Waals surface area contributed by atoms with Crippen LogP contribution in [0.2, 0.25) is 0 Å². The van der Waals surface area contributed by atoms with E-state index in [2.05, 4.69) is 17.6 Å². The van der Waals surface area contributed by atoms with Gasteiger partial charge in [-0.25, -0.2) is 0 Å². The summed E-state index contributed by atoms with van der Waals surface area (Å²) in [4.78, 5) is 12.0. The summed E-state index contributed by atoms with van der Waals surface area (Å²) in [6.07, 6.45) is 7.46. The molecule has 0 aromatic heterocycles. The second-order valence-electron chi connectivity index (χ2n) is 5.39. The van der Waals surface area contributed by atoms with Crippen LogP contribution in [-0.4, -0.2) is 25.0 Å². The highest BCUT2D eigenvalue weighted by molar-refractivity contribution is 5.79. The highest BCUT2D eigenvalue weighted by atomic mass is 16.2. The van der Waals surface area contributed by atoms with E-state index in [0.29, 0.717) is 6.04 Å². The maximum Gasteiger partial charge on any atom is 0.224 e. The van der Waals surface area contributed by atoms with Crippen LogP contribution in [0.5, 0.6) is 0 Å². The number of hydrogen-bond donors (Lipinski definition) is 2. The third kappa shape index (κ3) is 2.97. The predicted molar refractivity (Wildman–Crippen MR) is 65.2 cm³/mol. The number of carbonyl (C=O) groups is 1. The van der Waals surface area contributed by atoms with E-state index >= 15 is 0 Å². The molecule has 1 amide bonds. The zero-order chi connectivity index (χ0) is 11.4. The minimum atomic E-state index is 0.206. The average molecular weight is 224 g/mol. The van der Waals surface area contributed by atoms with E-state index in [0.717, 1.165) is 31.8 Å². The quantitative estimate of drug-likeness (QED) is 0.766. The van der Waals surface area contributed by atoms with Gasteiger partial charge in [-0.15, -0.1) is 0 Å². The van der Waals surface area contributed by atoms with E-state index < -0.39 is 0 Å². The maximum atomic E-state index is 12.0. The van der Waals surface area contributed by atoms with Crippen molar-refractivity contribution in [2.24, 2.45) is 11.8 Å². The van der Waals surface area contributed by atoms with E-state index in [4.69, 9.17) is 0 Å². The Morgan fingerprint density at radius 3 is 2.62 bits per heavy atom. The molecule has 3 nitrogen and oxygen atoms in total. The first-order chi connectivity index (χ1) is 7.77. The molecule has 2 N–H and O–H groups in total. The van der Waals surface area contributed by atoms with Crippen LogP contribution in [0.3, 0.4) is 0 Å². The van der Waals surface area contributed by atoms with Crippen molar-refractivity contribution in [3.63, 3.8) is 0 Å². The molecule has 92 valence electrons. The molecule has 0 aromatic carbocycles. The summed E-state index contributed by atoms with van der Waals surface area (Å²) in [6, 6.07) is 0.372. The summed E-state index contributed by atoms with van der Waals surface area (Å²) in [7, 11) is 0. The number of hydrogen-bond acceptors (Lipinski definition) is 2. The molecule has 2 aliphatic rings. The Hall–Kier alpha value is -0.570. The van der Waals surface area contributed by atoms with Crippen LogP contribution in [0.15, 0.2) is 0 Å². The van der Waals surface area contributed by atoms with Gasteiger partial charge in [-0.1, -0.05) is 12.8 Å². The molecule has 2 atom stereocenters. The highest BCUT2D eigenvalue weighted by Gasteiger charge is 2.26. The standard InChI is InChI=1S/C13H24N2O/c1-10(11-5-2-3-6-11)15-13(16)12-7-4-8-14-9-12/h10-12,14H,2-9H2,1H3,(H,15,16)/t10-,12?/m0/s1. The van der Waals surface area contributed by atoms with Gasteiger partial charge in [0.05, 0.1) is 5.92 Å². The van der Waals surface area contributed by atoms with Crippen molar-refractivity contribution in [3.8, 4) is 0 Å². The van der Waals surface area contributed by atoms with Gasteiger partial charge in [-0.3, -0.25) is 4.79 Å². The van der Waals surface area contributed by atoms with E-state index in [-0.39, 0.29) is 11.8 Å². The average Bonchev–Trinajstić information content (AvgIpc) is 2.83. The molecule has 1 saturated carbocycles. The molecular weight excluding hydrogens is 200 g/mol. The SMILES string of the molecule is C[C@H](NC(=O)C1CCCNC1)C1CCCC1. The van der Waals surface area contributed by atoms with Crippen molar-refractivity contribution >= 4 is 5.91 Å². The molecule has 0 spiro atoms. The predicted octanol–water partition coefficient (Wildman–Crippen LogP) is 1.68. The molecule has 2 rings (SSSR count). The Morgan fingerprint density at radius 1 is 1.25 bits per heavy atom. The monoisotopic (exact) mass is 224 g/mol. The van der Waals surface area contributed by atoms with E-state index in [1.165, 1.54) is 25.7 Å². The Balaban J connectivity index is 1.76. The second kappa shape index (κ2) is 5.67. The summed E-state index contributed by atoms with van der Waals surface area (Å²) in [5.74, 6) is 1.20. The van der Waals surface area contributed by atoms with Crippen LogP contribution in [0.1, 0.15) is 45.4 Å². The molecule has 1 heterocycles. The van der Waals surface area contributed by atoms with E-state index in [1.807, 2.05) is 0 Å². The number of piperidine rings is 1. The molecule has 1 aliphatic heterocycles. The van der Waals surface area contributed by atoms with Gasteiger partial charge in [0.15, 0.2) is 0 Å². The Morgan fingerprint density at radius 2 is 2.00 bits per heavy atom. The fourth-order valence-electron chi connectivity index (χ4n) is 2.99. The van der Waals surface area contributed by atoms with E-state index in [9.17, 15) is 4.79 Å². The Kier molecular flexibility index (Phi) is 4.22. The van der Waals surface area contributed by atoms with Gasteiger partial charge in [0.25, 0.3) is 0 Å². The minimum Gasteiger partial charge on any atom is -0.353 e. The van der Waals surface area contributed by atoms with Crippen LogP contribution in [0, 0.1) is 11.8 Å². The third-order valence-corrected chi connectivity index (χ3v) is 4.14. The lowest BCUT2D eigenvalue weighted by Crippen LogP contribution is -2.45. The van der Waals surface area contributed by atoms with Gasteiger partial charge < -0.3 is 10.6 Å². The minimum absolute atomic E-state index is 0.206. The van der Waals surface area contributed by atoms with Crippen LogP contribution in [-0.2, 0) is 4.79 Å². The normalized spacial score (nSPS) is 28.9. The molecule has 0 aromatic rings. The maximum absolute atomic E-state index is 12.0. The molecule has 1 aliphatic carbocycles. The van der Waals surface area contributed by atoms with Gasteiger partial charge >= 0.3 is 0 Å². The summed E-state index contributed by atoms with van der Waals surface area (Å²) >= 11 is 0. The van der Waals surface area contributed by atoms with Crippen molar-refractivity contribution in [1.82, 2.24) is 10.6 Å². The largest absolute Gasteiger partial charge is 0.353 e. The zero-order valence-electron chi connectivity index (χ0n) is 10.3. The summed E-state index contributed by atoms with van der Waals surface area (Å²) < 4.78 is 0. The first kappa shape index (κ1) is 11.9. The zero-order valence-corrected chi connectivity index (χ0v) is 10.3. The van der Waals surface area contributed by atoms with Gasteiger partial charge in [0.1, 0.15) is 0 Å². The second-order valence-corrected chi connectivity index (χ2v) is 5.39. The van der Waals surface area contributed by atoms with E-state index in [1.54, 1.807) is 0 Å². The van der Waals surface area contributed by atoms with Crippen molar-refractivity contribution in [3.05, 3.63) is 0 Å². The molecule has 1 saturated heterocycles. The summed E-state index contributed by atoms with van der Waals surface area (Å²) in [5.41, 5.74) is 0. The number of nitrogens with one attached hydrogen (secondary N) is 2. The van der Waals surface area contributed by atoms with Gasteiger partial charge in [0, 0.05) is 12.6 Å². The smallest absolute Gasteiger partial charge is 0.224 e. The fraction of sp³-hybridized carbons (Fsp3) is 0.923. The fourth-order valence-corrected chi connectivity index (χ4v) is 2.99. The molecule has 16 heavy (non-hydrogen) atoms. The molecule has 0 bridgehead atoms. The highest BCUT2D eigenvalue weighted by Crippen LogP contribution is 2.27. The number of rotatable bonds is 3. The summed E-state index contributed by atoms with van der Waals surface area (Å²) in [5, 5.41) is 6.51. The lowest BCUT2D eigenvalue weighted by atomic mass is 9.96. The van der Waals surface area contributed by atoms with Crippen LogP contribution in [0.25, 0.3) is 0 Å². The molecule has 3 heteroatoms. The first-order valence-electron chi connectivity index (χ1n) is 6.78. The van der Waals surface area contributed by atoms with Crippen LogP contribution >= 0.6 is 0 Å². The molecule has 1 unspecified atom stereocenters. The van der Waals surface area contributed by atoms with Crippen molar-refractivity contribution in [1.29, 1.82) is 0 Å². The third-order valence-electron chi connectivity index (χ3n) is 4.14. The van der Waals surface area contributed by atoms with Crippen LogP contribution < -0.4 is 10.6 Å². The lowest BCUT2D eigenvalue weighted by Gasteiger charge is -2.26. The number of amides is 1. The molecule has 0 radical (unpaired) electrons. The van der Waals surface area contributed by atoms with Gasteiger partial charge in [-0.2, -0.15) is 0 Å². The van der Waals surface area contributed by atoms with Crippen molar-refractivity contribution in [2.75, 3.05) is 13.1 Å².